The topological polar surface area (TPSA) is 24.4 Å². The molecule has 2 atom stereocenters. The molecule has 0 aromatic heterocycles. The van der Waals surface area contributed by atoms with Crippen LogP contribution in [0.3, 0.4) is 0 Å². The number of nitrogens with one attached hydrogen (secondary N) is 1. The van der Waals surface area contributed by atoms with Gasteiger partial charge in [-0.25, -0.2) is 0 Å². The maximum atomic E-state index is 4.84. The van der Waals surface area contributed by atoms with E-state index >= 15 is 0 Å². The lowest BCUT2D eigenvalue weighted by Gasteiger charge is -2.35. The number of hydrogen-bond acceptors (Lipinski definition) is 2. The smallest absolute Gasteiger partial charge is 0.157 e. The molecule has 0 saturated carbocycles. The van der Waals surface area contributed by atoms with Crippen molar-refractivity contribution in [3.8, 4) is 0 Å². The van der Waals surface area contributed by atoms with Gasteiger partial charge in [0.1, 0.15) is 0 Å². The van der Waals surface area contributed by atoms with Crippen LogP contribution in [0.4, 0.5) is 0 Å². The van der Waals surface area contributed by atoms with Crippen LogP contribution in [0, 0.1) is 5.92 Å². The van der Waals surface area contributed by atoms with Crippen LogP contribution in [0.15, 0.2) is 4.99 Å². The van der Waals surface area contributed by atoms with Gasteiger partial charge in [0.2, 0.25) is 0 Å². The van der Waals surface area contributed by atoms with E-state index in [9.17, 15) is 0 Å². The zero-order valence-electron chi connectivity index (χ0n) is 12.8. The van der Waals surface area contributed by atoms with Gasteiger partial charge in [0.05, 0.1) is 0 Å². The Labute approximate surface area is 117 Å². The predicted molar refractivity (Wildman–Crippen MR) is 84.5 cm³/mol. The molecule has 2 unspecified atom stereocenters. The zero-order chi connectivity index (χ0) is 13.6. The molecule has 0 bridgehead atoms. The lowest BCUT2D eigenvalue weighted by Crippen LogP contribution is -2.48. The highest BCUT2D eigenvalue weighted by molar-refractivity contribution is 8.13. The summed E-state index contributed by atoms with van der Waals surface area (Å²) in [5.74, 6) is 2.02. The first-order chi connectivity index (χ1) is 8.45. The van der Waals surface area contributed by atoms with E-state index in [1.165, 1.54) is 43.0 Å². The fraction of sp³-hybridized carbons (Fsp3) is 0.933. The minimum absolute atomic E-state index is 0.266. The lowest BCUT2D eigenvalue weighted by atomic mass is 9.96. The van der Waals surface area contributed by atoms with Gasteiger partial charge in [-0.3, -0.25) is 4.99 Å². The number of nitrogens with zero attached hydrogens (tertiary/aromatic N) is 1. The summed E-state index contributed by atoms with van der Waals surface area (Å²) in [6, 6.07) is 0.456. The molecule has 1 heterocycles. The highest BCUT2D eigenvalue weighted by Crippen LogP contribution is 2.25. The summed E-state index contributed by atoms with van der Waals surface area (Å²) < 4.78 is 0. The molecule has 1 rings (SSSR count). The molecule has 1 saturated heterocycles. The van der Waals surface area contributed by atoms with E-state index in [4.69, 9.17) is 4.99 Å². The van der Waals surface area contributed by atoms with E-state index in [1.807, 2.05) is 11.8 Å². The molecule has 106 valence electrons. The quantitative estimate of drug-likeness (QED) is 0.771. The number of hydrogen-bond donors (Lipinski definition) is 1. The molecule has 1 fully saturated rings. The Bertz CT molecular complexity index is 276. The molecule has 0 aromatic carbocycles. The van der Waals surface area contributed by atoms with Crippen LogP contribution in [0.5, 0.6) is 0 Å². The summed E-state index contributed by atoms with van der Waals surface area (Å²) in [4.78, 5) is 4.84. The van der Waals surface area contributed by atoms with Crippen LogP contribution in [-0.4, -0.2) is 22.5 Å². The van der Waals surface area contributed by atoms with E-state index in [2.05, 4.69) is 39.9 Å². The average Bonchev–Trinajstić information content (AvgIpc) is 2.28. The minimum atomic E-state index is 0.266. The number of amidine groups is 1. The van der Waals surface area contributed by atoms with Gasteiger partial charge in [-0.2, -0.15) is 0 Å². The molecule has 1 aliphatic heterocycles. The molecule has 0 radical (unpaired) electrons. The lowest BCUT2D eigenvalue weighted by molar-refractivity contribution is 0.389. The van der Waals surface area contributed by atoms with Crippen LogP contribution in [0.1, 0.15) is 66.7 Å². The monoisotopic (exact) mass is 270 g/mol. The summed E-state index contributed by atoms with van der Waals surface area (Å²) in [5.41, 5.74) is 0.266. The standard InChI is InChI=1S/C15H30N2S/c1-6-15(5)10-11-18-14(17-15)16-13(4)9-7-8-12(2)3/h12-13H,6-11H2,1-5H3,(H,16,17). The molecule has 3 heteroatoms. The largest absolute Gasteiger partial charge is 0.360 e. The third-order valence-corrected chi connectivity index (χ3v) is 4.71. The van der Waals surface area contributed by atoms with Gasteiger partial charge >= 0.3 is 0 Å². The van der Waals surface area contributed by atoms with E-state index in [-0.39, 0.29) is 5.54 Å². The van der Waals surface area contributed by atoms with E-state index in [0.29, 0.717) is 6.04 Å². The van der Waals surface area contributed by atoms with Gasteiger partial charge < -0.3 is 5.32 Å². The van der Waals surface area contributed by atoms with Gasteiger partial charge in [0, 0.05) is 17.3 Å². The van der Waals surface area contributed by atoms with Crippen molar-refractivity contribution in [3.63, 3.8) is 0 Å². The highest BCUT2D eigenvalue weighted by Gasteiger charge is 2.27. The predicted octanol–water partition coefficient (Wildman–Crippen LogP) is 4.45. The van der Waals surface area contributed by atoms with Crippen molar-refractivity contribution >= 4 is 16.9 Å². The van der Waals surface area contributed by atoms with Crippen LogP contribution < -0.4 is 5.32 Å². The summed E-state index contributed by atoms with van der Waals surface area (Å²) >= 11 is 1.89. The first-order valence-electron chi connectivity index (χ1n) is 7.44. The fourth-order valence-corrected chi connectivity index (χ4v) is 3.47. The van der Waals surface area contributed by atoms with E-state index in [0.717, 1.165) is 5.92 Å². The Morgan fingerprint density at radius 1 is 1.33 bits per heavy atom. The van der Waals surface area contributed by atoms with Crippen molar-refractivity contribution in [2.45, 2.75) is 78.3 Å². The van der Waals surface area contributed by atoms with Gasteiger partial charge in [0.25, 0.3) is 0 Å². The summed E-state index contributed by atoms with van der Waals surface area (Å²) in [5, 5.41) is 4.79. The second kappa shape index (κ2) is 7.42. The number of rotatable bonds is 6. The van der Waals surface area contributed by atoms with E-state index < -0.39 is 0 Å². The zero-order valence-corrected chi connectivity index (χ0v) is 13.6. The average molecular weight is 270 g/mol. The Kier molecular flexibility index (Phi) is 6.54. The second-order valence-electron chi connectivity index (χ2n) is 6.25. The maximum Gasteiger partial charge on any atom is 0.157 e. The van der Waals surface area contributed by atoms with Crippen LogP contribution >= 0.6 is 11.8 Å². The molecule has 18 heavy (non-hydrogen) atoms. The Morgan fingerprint density at radius 3 is 2.67 bits per heavy atom. The third-order valence-electron chi connectivity index (χ3n) is 3.82. The van der Waals surface area contributed by atoms with E-state index in [1.54, 1.807) is 0 Å². The highest BCUT2D eigenvalue weighted by atomic mass is 32.2. The Morgan fingerprint density at radius 2 is 2.06 bits per heavy atom. The van der Waals surface area contributed by atoms with Crippen molar-refractivity contribution in [3.05, 3.63) is 0 Å². The SMILES string of the molecule is CCC1(C)CCSC(=NC(C)CCCC(C)C)N1. The molecule has 0 aromatic rings. The summed E-state index contributed by atoms with van der Waals surface area (Å²) in [6.45, 7) is 11.4. The molecule has 1 N–H and O–H groups in total. The summed E-state index contributed by atoms with van der Waals surface area (Å²) in [7, 11) is 0. The first-order valence-corrected chi connectivity index (χ1v) is 8.42. The fourth-order valence-electron chi connectivity index (χ4n) is 2.15. The van der Waals surface area contributed by atoms with Crippen molar-refractivity contribution in [2.75, 3.05) is 5.75 Å². The minimum Gasteiger partial charge on any atom is -0.360 e. The molecule has 0 amide bonds. The summed E-state index contributed by atoms with van der Waals surface area (Å²) in [6.07, 6.45) is 6.25. The van der Waals surface area contributed by atoms with Crippen molar-refractivity contribution in [1.29, 1.82) is 0 Å². The number of aliphatic imine (C=N–C) groups is 1. The molecule has 0 spiro atoms. The molecular weight excluding hydrogens is 240 g/mol. The maximum absolute atomic E-state index is 4.84. The van der Waals surface area contributed by atoms with Crippen LogP contribution in [-0.2, 0) is 0 Å². The Hall–Kier alpha value is -0.180. The van der Waals surface area contributed by atoms with Crippen molar-refractivity contribution in [1.82, 2.24) is 5.32 Å². The van der Waals surface area contributed by atoms with Gasteiger partial charge in [0.15, 0.2) is 5.17 Å². The number of thioether (sulfide) groups is 1. The molecular formula is C15H30N2S. The van der Waals surface area contributed by atoms with Gasteiger partial charge in [-0.15, -0.1) is 0 Å². The third kappa shape index (κ3) is 5.64. The normalized spacial score (nSPS) is 28.4. The Balaban J connectivity index is 2.40. The first kappa shape index (κ1) is 15.9. The van der Waals surface area contributed by atoms with Crippen molar-refractivity contribution in [2.24, 2.45) is 10.9 Å². The second-order valence-corrected chi connectivity index (χ2v) is 7.33. The van der Waals surface area contributed by atoms with Crippen LogP contribution in [0.25, 0.3) is 0 Å². The van der Waals surface area contributed by atoms with Crippen molar-refractivity contribution < 1.29 is 0 Å². The molecule has 2 nitrogen and oxygen atoms in total. The van der Waals surface area contributed by atoms with Gasteiger partial charge in [-0.1, -0.05) is 45.4 Å². The molecule has 1 aliphatic rings. The molecule has 0 aliphatic carbocycles. The van der Waals surface area contributed by atoms with Gasteiger partial charge in [-0.05, 0) is 39.0 Å². The van der Waals surface area contributed by atoms with Crippen LogP contribution in [0.2, 0.25) is 0 Å².